The summed E-state index contributed by atoms with van der Waals surface area (Å²) < 4.78 is 10.6. The number of fused-ring (bicyclic) bond motifs is 1. The van der Waals surface area contributed by atoms with Crippen LogP contribution in [0.3, 0.4) is 0 Å². The third-order valence-electron chi connectivity index (χ3n) is 3.40. The average molecular weight is 359 g/mol. The van der Waals surface area contributed by atoms with E-state index in [0.29, 0.717) is 26.6 Å². The molecule has 0 saturated carbocycles. The van der Waals surface area contributed by atoms with Crippen molar-refractivity contribution in [3.8, 4) is 11.5 Å². The van der Waals surface area contributed by atoms with Gasteiger partial charge in [-0.3, -0.25) is 4.79 Å². The molecule has 2 aromatic carbocycles. The maximum Gasteiger partial charge on any atom is 0.264 e. The normalized spacial score (nSPS) is 19.1. The summed E-state index contributed by atoms with van der Waals surface area (Å²) in [5, 5.41) is 3.94. The smallest absolute Gasteiger partial charge is 0.264 e. The average Bonchev–Trinajstić information content (AvgIpc) is 3.16. The number of carbonyl (C=O) groups is 1. The summed E-state index contributed by atoms with van der Waals surface area (Å²) in [5.41, 5.74) is 1.59. The molecule has 7 heteroatoms. The van der Waals surface area contributed by atoms with Crippen LogP contribution in [0.15, 0.2) is 52.4 Å². The number of hydrogen-bond acceptors (Lipinski definition) is 5. The number of rotatable bonds is 2. The highest BCUT2D eigenvalue weighted by atomic mass is 35.5. The summed E-state index contributed by atoms with van der Waals surface area (Å²) >= 11 is 7.14. The molecule has 1 N–H and O–H groups in total. The second kappa shape index (κ2) is 6.22. The fraction of sp³-hybridized carbons (Fsp3) is 0.0588. The summed E-state index contributed by atoms with van der Waals surface area (Å²) in [6.45, 7) is 0.225. The van der Waals surface area contributed by atoms with Gasteiger partial charge in [0, 0.05) is 5.02 Å². The van der Waals surface area contributed by atoms with Crippen LogP contribution >= 0.6 is 23.4 Å². The molecule has 2 aliphatic heterocycles. The first-order valence-corrected chi connectivity index (χ1v) is 8.32. The number of benzene rings is 2. The minimum absolute atomic E-state index is 0.176. The Bertz CT molecular complexity index is 878. The highest BCUT2D eigenvalue weighted by Crippen LogP contribution is 2.34. The number of hydrogen-bond donors (Lipinski definition) is 1. The molecule has 0 spiro atoms. The second-order valence-electron chi connectivity index (χ2n) is 5.07. The van der Waals surface area contributed by atoms with Crippen molar-refractivity contribution in [3.63, 3.8) is 0 Å². The zero-order chi connectivity index (χ0) is 16.5. The quantitative estimate of drug-likeness (QED) is 0.825. The monoisotopic (exact) mass is 358 g/mol. The van der Waals surface area contributed by atoms with E-state index in [0.717, 1.165) is 11.3 Å². The van der Waals surface area contributed by atoms with Crippen LogP contribution in [0.4, 0.5) is 5.69 Å². The minimum atomic E-state index is -0.176. The number of aliphatic imine (C=N–C) groups is 1. The number of nitrogens with zero attached hydrogens (tertiary/aromatic N) is 1. The molecular weight excluding hydrogens is 348 g/mol. The lowest BCUT2D eigenvalue weighted by molar-refractivity contribution is -0.115. The third-order valence-corrected chi connectivity index (χ3v) is 4.56. The molecule has 1 amide bonds. The molecule has 0 bridgehead atoms. The zero-order valence-corrected chi connectivity index (χ0v) is 13.9. The molecule has 24 heavy (non-hydrogen) atoms. The molecule has 0 atom stereocenters. The molecule has 0 aromatic heterocycles. The van der Waals surface area contributed by atoms with Gasteiger partial charge in [-0.1, -0.05) is 17.7 Å². The van der Waals surface area contributed by atoms with E-state index in [1.165, 1.54) is 11.8 Å². The lowest BCUT2D eigenvalue weighted by atomic mass is 10.2. The number of nitrogens with one attached hydrogen (secondary N) is 1. The van der Waals surface area contributed by atoms with Crippen LogP contribution in [-0.4, -0.2) is 17.9 Å². The van der Waals surface area contributed by atoms with Gasteiger partial charge in [0.15, 0.2) is 16.7 Å². The standard InChI is InChI=1S/C17H11ClN2O3S/c18-11-2-4-12(5-3-11)19-17-20-16(21)15(24-17)8-10-1-6-13-14(7-10)23-9-22-13/h1-8H,9H2,(H,19,20,21). The Morgan fingerprint density at radius 1 is 1.12 bits per heavy atom. The molecule has 0 aliphatic carbocycles. The molecule has 120 valence electrons. The second-order valence-corrected chi connectivity index (χ2v) is 6.54. The summed E-state index contributed by atoms with van der Waals surface area (Å²) in [5.74, 6) is 1.22. The SMILES string of the molecule is O=C1NC(=Nc2ccc(Cl)cc2)SC1=Cc1ccc2c(c1)OCO2. The predicted octanol–water partition coefficient (Wildman–Crippen LogP) is 3.96. The Morgan fingerprint density at radius 3 is 2.75 bits per heavy atom. The maximum atomic E-state index is 12.1. The topological polar surface area (TPSA) is 59.9 Å². The van der Waals surface area contributed by atoms with Crippen molar-refractivity contribution in [2.45, 2.75) is 0 Å². The minimum Gasteiger partial charge on any atom is -0.454 e. The van der Waals surface area contributed by atoms with E-state index in [-0.39, 0.29) is 12.7 Å². The van der Waals surface area contributed by atoms with Crippen LogP contribution in [0.2, 0.25) is 5.02 Å². The number of thioether (sulfide) groups is 1. The van der Waals surface area contributed by atoms with E-state index in [1.54, 1.807) is 30.3 Å². The highest BCUT2D eigenvalue weighted by molar-refractivity contribution is 8.18. The molecule has 2 aliphatic rings. The Hall–Kier alpha value is -2.44. The third kappa shape index (κ3) is 3.11. The molecule has 0 unspecified atom stereocenters. The summed E-state index contributed by atoms with van der Waals surface area (Å²) in [6.07, 6.45) is 1.80. The van der Waals surface area contributed by atoms with Crippen LogP contribution in [0, 0.1) is 0 Å². The van der Waals surface area contributed by atoms with Gasteiger partial charge in [0.2, 0.25) is 6.79 Å². The van der Waals surface area contributed by atoms with Crippen molar-refractivity contribution in [1.29, 1.82) is 0 Å². The molecule has 0 radical (unpaired) electrons. The van der Waals surface area contributed by atoms with E-state index >= 15 is 0 Å². The number of amides is 1. The first-order valence-electron chi connectivity index (χ1n) is 7.12. The van der Waals surface area contributed by atoms with E-state index in [9.17, 15) is 4.79 Å². The van der Waals surface area contributed by atoms with Gasteiger partial charge >= 0.3 is 0 Å². The van der Waals surface area contributed by atoms with Crippen molar-refractivity contribution < 1.29 is 14.3 Å². The fourth-order valence-corrected chi connectivity index (χ4v) is 3.24. The van der Waals surface area contributed by atoms with Crippen molar-refractivity contribution >= 4 is 46.2 Å². The lowest BCUT2D eigenvalue weighted by Gasteiger charge is -1.98. The van der Waals surface area contributed by atoms with Gasteiger partial charge in [-0.15, -0.1) is 0 Å². The molecule has 2 aromatic rings. The number of carbonyl (C=O) groups excluding carboxylic acids is 1. The molecule has 4 rings (SSSR count). The Morgan fingerprint density at radius 2 is 1.92 bits per heavy atom. The van der Waals surface area contributed by atoms with E-state index < -0.39 is 0 Å². The number of ether oxygens (including phenoxy) is 2. The van der Waals surface area contributed by atoms with Gasteiger partial charge in [-0.2, -0.15) is 0 Å². The van der Waals surface area contributed by atoms with Crippen molar-refractivity contribution in [1.82, 2.24) is 5.32 Å². The van der Waals surface area contributed by atoms with Crippen LogP contribution < -0.4 is 14.8 Å². The van der Waals surface area contributed by atoms with Crippen molar-refractivity contribution in [2.75, 3.05) is 6.79 Å². The van der Waals surface area contributed by atoms with Crippen LogP contribution in [0.5, 0.6) is 11.5 Å². The van der Waals surface area contributed by atoms with E-state index in [1.807, 2.05) is 18.2 Å². The maximum absolute atomic E-state index is 12.1. The predicted molar refractivity (Wildman–Crippen MR) is 94.8 cm³/mol. The Balaban J connectivity index is 1.56. The van der Waals surface area contributed by atoms with Gasteiger partial charge in [-0.25, -0.2) is 4.99 Å². The Labute approximate surface area is 147 Å². The summed E-state index contributed by atoms with van der Waals surface area (Å²) in [7, 11) is 0. The first kappa shape index (κ1) is 15.1. The summed E-state index contributed by atoms with van der Waals surface area (Å²) in [6, 6.07) is 12.6. The largest absolute Gasteiger partial charge is 0.454 e. The zero-order valence-electron chi connectivity index (χ0n) is 12.3. The van der Waals surface area contributed by atoms with Crippen molar-refractivity contribution in [3.05, 3.63) is 58.0 Å². The van der Waals surface area contributed by atoms with Crippen LogP contribution in [-0.2, 0) is 4.79 Å². The first-order chi connectivity index (χ1) is 11.7. The fourth-order valence-electron chi connectivity index (χ4n) is 2.27. The number of halogens is 1. The number of amidine groups is 1. The molecular formula is C17H11ClN2O3S. The highest BCUT2D eigenvalue weighted by Gasteiger charge is 2.24. The van der Waals surface area contributed by atoms with E-state index in [2.05, 4.69) is 10.3 Å². The summed E-state index contributed by atoms with van der Waals surface area (Å²) in [4.78, 5) is 17.1. The van der Waals surface area contributed by atoms with Gasteiger partial charge in [-0.05, 0) is 59.8 Å². The van der Waals surface area contributed by atoms with E-state index in [4.69, 9.17) is 21.1 Å². The van der Waals surface area contributed by atoms with Gasteiger partial charge < -0.3 is 14.8 Å². The molecule has 1 saturated heterocycles. The van der Waals surface area contributed by atoms with Crippen molar-refractivity contribution in [2.24, 2.45) is 4.99 Å². The molecule has 2 heterocycles. The lowest BCUT2D eigenvalue weighted by Crippen LogP contribution is -2.19. The van der Waals surface area contributed by atoms with Gasteiger partial charge in [0.25, 0.3) is 5.91 Å². The van der Waals surface area contributed by atoms with Gasteiger partial charge in [0.05, 0.1) is 10.6 Å². The van der Waals surface area contributed by atoms with Crippen LogP contribution in [0.25, 0.3) is 6.08 Å². The van der Waals surface area contributed by atoms with Crippen LogP contribution in [0.1, 0.15) is 5.56 Å². The molecule has 1 fully saturated rings. The molecule has 5 nitrogen and oxygen atoms in total. The van der Waals surface area contributed by atoms with Gasteiger partial charge in [0.1, 0.15) is 0 Å². The Kier molecular flexibility index (Phi) is 3.92.